The quantitative estimate of drug-likeness (QED) is 0.942. The Hall–Kier alpha value is -1.36. The third kappa shape index (κ3) is 2.27. The smallest absolute Gasteiger partial charge is 0.131 e. The van der Waals surface area contributed by atoms with E-state index in [1.54, 1.807) is 6.07 Å². The van der Waals surface area contributed by atoms with Crippen LogP contribution < -0.4 is 5.73 Å². The second kappa shape index (κ2) is 5.10. The third-order valence-electron chi connectivity index (χ3n) is 2.89. The molecule has 0 fully saturated rings. The van der Waals surface area contributed by atoms with Gasteiger partial charge in [0.25, 0.3) is 0 Å². The molecule has 2 rings (SSSR count). The summed E-state index contributed by atoms with van der Waals surface area (Å²) in [5.74, 6) is 1.18. The molecule has 2 N–H and O–H groups in total. The molecule has 0 aliphatic rings. The maximum Gasteiger partial charge on any atom is 0.131 e. The monoisotopic (exact) mass is 311 g/mol. The Balaban J connectivity index is 2.57. The number of nitrogens with two attached hydrogens (primary N) is 1. The summed E-state index contributed by atoms with van der Waals surface area (Å²) < 4.78 is 16.0. The first-order chi connectivity index (χ1) is 8.54. The van der Waals surface area contributed by atoms with Gasteiger partial charge in [0.15, 0.2) is 0 Å². The number of imidazole rings is 1. The van der Waals surface area contributed by atoms with Gasteiger partial charge < -0.3 is 10.3 Å². The van der Waals surface area contributed by atoms with Crippen molar-refractivity contribution in [2.45, 2.75) is 19.8 Å². The molecule has 0 unspecified atom stereocenters. The number of aromatic nitrogens is 2. The number of hydrogen-bond acceptors (Lipinski definition) is 2. The molecule has 1 heterocycles. The predicted octanol–water partition coefficient (Wildman–Crippen LogP) is 3.52. The van der Waals surface area contributed by atoms with Crippen molar-refractivity contribution in [3.05, 3.63) is 34.3 Å². The van der Waals surface area contributed by atoms with Crippen LogP contribution in [0.1, 0.15) is 19.2 Å². The lowest BCUT2D eigenvalue weighted by Gasteiger charge is -2.03. The molecule has 96 valence electrons. The topological polar surface area (TPSA) is 43.8 Å². The average Bonchev–Trinajstić information content (AvgIpc) is 2.61. The van der Waals surface area contributed by atoms with Crippen LogP contribution in [0.2, 0.25) is 0 Å². The van der Waals surface area contributed by atoms with E-state index in [4.69, 9.17) is 5.73 Å². The highest BCUT2D eigenvalue weighted by molar-refractivity contribution is 9.10. The minimum Gasteiger partial charge on any atom is -0.383 e. The molecule has 0 atom stereocenters. The van der Waals surface area contributed by atoms with Crippen LogP contribution in [-0.4, -0.2) is 9.55 Å². The summed E-state index contributed by atoms with van der Waals surface area (Å²) in [6.07, 6.45) is 1.85. The molecule has 1 aromatic heterocycles. The van der Waals surface area contributed by atoms with Crippen LogP contribution in [0.25, 0.3) is 11.3 Å². The predicted molar refractivity (Wildman–Crippen MR) is 74.7 cm³/mol. The van der Waals surface area contributed by atoms with Gasteiger partial charge in [-0.05, 0) is 24.6 Å². The van der Waals surface area contributed by atoms with Gasteiger partial charge in [0, 0.05) is 23.5 Å². The molecular weight excluding hydrogens is 297 g/mol. The summed E-state index contributed by atoms with van der Waals surface area (Å²) in [5, 5.41) is 0. The molecular formula is C13H15BrFN3. The Labute approximate surface area is 114 Å². The molecule has 2 aromatic rings. The molecule has 3 nitrogen and oxygen atoms in total. The van der Waals surface area contributed by atoms with E-state index in [0.29, 0.717) is 17.1 Å². The van der Waals surface area contributed by atoms with E-state index in [-0.39, 0.29) is 5.82 Å². The number of nitrogens with zero attached hydrogens (tertiary/aromatic N) is 2. The SMILES string of the molecule is CCCc1nc(-c2cc(F)ccc2Br)c(N)n1C. The Bertz CT molecular complexity index is 578. The lowest BCUT2D eigenvalue weighted by Crippen LogP contribution is -2.01. The Morgan fingerprint density at radius 2 is 2.17 bits per heavy atom. The minimum absolute atomic E-state index is 0.296. The van der Waals surface area contributed by atoms with Gasteiger partial charge >= 0.3 is 0 Å². The van der Waals surface area contributed by atoms with Crippen LogP contribution in [-0.2, 0) is 13.5 Å². The third-order valence-corrected chi connectivity index (χ3v) is 3.58. The molecule has 0 amide bonds. The molecule has 5 heteroatoms. The molecule has 0 aliphatic carbocycles. The van der Waals surface area contributed by atoms with E-state index in [2.05, 4.69) is 27.8 Å². The first-order valence-electron chi connectivity index (χ1n) is 5.81. The molecule has 0 saturated heterocycles. The van der Waals surface area contributed by atoms with E-state index in [1.807, 2.05) is 11.6 Å². The zero-order valence-electron chi connectivity index (χ0n) is 10.4. The first kappa shape index (κ1) is 13.1. The van der Waals surface area contributed by atoms with Crippen LogP contribution in [0, 0.1) is 5.82 Å². The summed E-state index contributed by atoms with van der Waals surface area (Å²) in [5.41, 5.74) is 7.36. The summed E-state index contributed by atoms with van der Waals surface area (Å²) in [6, 6.07) is 4.51. The van der Waals surface area contributed by atoms with Gasteiger partial charge in [0.05, 0.1) is 0 Å². The number of anilines is 1. The standard InChI is InChI=1S/C13H15BrFN3/c1-3-4-11-17-12(13(16)18(11)2)9-7-8(15)5-6-10(9)14/h5-7H,3-4,16H2,1-2H3. The minimum atomic E-state index is -0.296. The Morgan fingerprint density at radius 3 is 2.83 bits per heavy atom. The second-order valence-corrected chi connectivity index (χ2v) is 5.05. The zero-order chi connectivity index (χ0) is 13.3. The number of nitrogen functional groups attached to an aromatic ring is 1. The normalized spacial score (nSPS) is 10.9. The largest absolute Gasteiger partial charge is 0.383 e. The number of rotatable bonds is 3. The Morgan fingerprint density at radius 1 is 1.44 bits per heavy atom. The second-order valence-electron chi connectivity index (χ2n) is 4.20. The fourth-order valence-corrected chi connectivity index (χ4v) is 2.32. The van der Waals surface area contributed by atoms with Gasteiger partial charge in [-0.2, -0.15) is 0 Å². The van der Waals surface area contributed by atoms with E-state index < -0.39 is 0 Å². The average molecular weight is 312 g/mol. The fraction of sp³-hybridized carbons (Fsp3) is 0.308. The molecule has 18 heavy (non-hydrogen) atoms. The van der Waals surface area contributed by atoms with Crippen LogP contribution in [0.15, 0.2) is 22.7 Å². The molecule has 0 bridgehead atoms. The number of hydrogen-bond donors (Lipinski definition) is 1. The highest BCUT2D eigenvalue weighted by Crippen LogP contribution is 2.32. The van der Waals surface area contributed by atoms with E-state index in [9.17, 15) is 4.39 Å². The van der Waals surface area contributed by atoms with Crippen molar-refractivity contribution >= 4 is 21.7 Å². The first-order valence-corrected chi connectivity index (χ1v) is 6.60. The van der Waals surface area contributed by atoms with E-state index in [0.717, 1.165) is 23.1 Å². The summed E-state index contributed by atoms with van der Waals surface area (Å²) in [4.78, 5) is 4.51. The molecule has 0 aliphatic heterocycles. The molecule has 1 aromatic carbocycles. The fourth-order valence-electron chi connectivity index (χ4n) is 1.88. The lowest BCUT2D eigenvalue weighted by atomic mass is 10.1. The number of halogens is 2. The maximum atomic E-state index is 13.3. The number of benzene rings is 1. The summed E-state index contributed by atoms with van der Waals surface area (Å²) in [6.45, 7) is 2.09. The van der Waals surface area contributed by atoms with E-state index in [1.165, 1.54) is 12.1 Å². The zero-order valence-corrected chi connectivity index (χ0v) is 12.0. The van der Waals surface area contributed by atoms with Crippen molar-refractivity contribution in [2.75, 3.05) is 5.73 Å². The van der Waals surface area contributed by atoms with Crippen molar-refractivity contribution < 1.29 is 4.39 Å². The highest BCUT2D eigenvalue weighted by Gasteiger charge is 2.16. The number of aryl methyl sites for hydroxylation is 1. The highest BCUT2D eigenvalue weighted by atomic mass is 79.9. The van der Waals surface area contributed by atoms with Crippen molar-refractivity contribution in [2.24, 2.45) is 7.05 Å². The van der Waals surface area contributed by atoms with Gasteiger partial charge in [0.1, 0.15) is 23.2 Å². The van der Waals surface area contributed by atoms with Crippen LogP contribution in [0.5, 0.6) is 0 Å². The van der Waals surface area contributed by atoms with Gasteiger partial charge in [-0.15, -0.1) is 0 Å². The van der Waals surface area contributed by atoms with Gasteiger partial charge in [-0.1, -0.05) is 22.9 Å². The van der Waals surface area contributed by atoms with Crippen molar-refractivity contribution in [1.82, 2.24) is 9.55 Å². The van der Waals surface area contributed by atoms with Crippen molar-refractivity contribution in [3.63, 3.8) is 0 Å². The van der Waals surface area contributed by atoms with Crippen LogP contribution in [0.4, 0.5) is 10.2 Å². The van der Waals surface area contributed by atoms with Crippen molar-refractivity contribution in [3.8, 4) is 11.3 Å². The van der Waals surface area contributed by atoms with E-state index >= 15 is 0 Å². The van der Waals surface area contributed by atoms with Gasteiger partial charge in [-0.3, -0.25) is 0 Å². The molecule has 0 radical (unpaired) electrons. The molecule has 0 spiro atoms. The Kier molecular flexibility index (Phi) is 3.71. The summed E-state index contributed by atoms with van der Waals surface area (Å²) >= 11 is 3.40. The van der Waals surface area contributed by atoms with Crippen LogP contribution in [0.3, 0.4) is 0 Å². The van der Waals surface area contributed by atoms with Crippen LogP contribution >= 0.6 is 15.9 Å². The molecule has 0 saturated carbocycles. The van der Waals surface area contributed by atoms with Gasteiger partial charge in [-0.25, -0.2) is 9.37 Å². The van der Waals surface area contributed by atoms with Crippen molar-refractivity contribution in [1.29, 1.82) is 0 Å². The van der Waals surface area contributed by atoms with Gasteiger partial charge in [0.2, 0.25) is 0 Å². The lowest BCUT2D eigenvalue weighted by molar-refractivity contribution is 0.628. The summed E-state index contributed by atoms with van der Waals surface area (Å²) in [7, 11) is 1.88. The maximum absolute atomic E-state index is 13.3.